The molecule has 2 aromatic carbocycles. The number of fused-ring (bicyclic) bond motifs is 1. The number of nitrogens with zero attached hydrogens (tertiary/aromatic N) is 6. The van der Waals surface area contributed by atoms with E-state index in [9.17, 15) is 27.5 Å². The first-order valence-corrected chi connectivity index (χ1v) is 13.9. The molecule has 15 heteroatoms. The fourth-order valence-corrected chi connectivity index (χ4v) is 5.44. The van der Waals surface area contributed by atoms with Gasteiger partial charge in [-0.2, -0.15) is 4.31 Å². The van der Waals surface area contributed by atoms with Crippen molar-refractivity contribution >= 4 is 27.5 Å². The van der Waals surface area contributed by atoms with Crippen molar-refractivity contribution in [2.75, 3.05) is 32.1 Å². The Bertz CT molecular complexity index is 1450. The van der Waals surface area contributed by atoms with Crippen LogP contribution in [0.1, 0.15) is 24.2 Å². The van der Waals surface area contributed by atoms with Crippen molar-refractivity contribution in [1.82, 2.24) is 29.4 Å². The van der Waals surface area contributed by atoms with Crippen LogP contribution in [-0.4, -0.2) is 93.6 Å². The Balaban J connectivity index is 1.62. The van der Waals surface area contributed by atoms with Gasteiger partial charge < -0.3 is 20.1 Å². The maximum atomic E-state index is 13.6. The second kappa shape index (κ2) is 12.1. The normalized spacial score (nSPS) is 18.4. The minimum absolute atomic E-state index is 0.0666. The number of carbonyl (C=O) groups excluding carboxylic acids is 2. The van der Waals surface area contributed by atoms with E-state index >= 15 is 0 Å². The Morgan fingerprint density at radius 1 is 1.27 bits per heavy atom. The summed E-state index contributed by atoms with van der Waals surface area (Å²) >= 11 is 0. The van der Waals surface area contributed by atoms with Crippen LogP contribution < -0.4 is 10.1 Å². The number of benzene rings is 2. The highest BCUT2D eigenvalue weighted by Gasteiger charge is 2.35. The molecule has 2 heterocycles. The topological polar surface area (TPSA) is 160 Å². The first kappa shape index (κ1) is 29.0. The molecule has 0 saturated heterocycles. The number of amides is 2. The van der Waals surface area contributed by atoms with Gasteiger partial charge in [0.15, 0.2) is 0 Å². The summed E-state index contributed by atoms with van der Waals surface area (Å²) in [6.45, 7) is 3.19. The van der Waals surface area contributed by atoms with E-state index in [-0.39, 0.29) is 48.4 Å². The number of halogens is 1. The predicted molar refractivity (Wildman–Crippen MR) is 140 cm³/mol. The molecule has 3 aromatic rings. The van der Waals surface area contributed by atoms with Gasteiger partial charge in [-0.15, -0.1) is 5.10 Å². The van der Waals surface area contributed by atoms with Crippen molar-refractivity contribution < 1.29 is 32.2 Å². The van der Waals surface area contributed by atoms with E-state index in [1.54, 1.807) is 13.0 Å². The maximum absolute atomic E-state index is 13.6. The summed E-state index contributed by atoms with van der Waals surface area (Å²) in [7, 11) is -2.56. The average Bonchev–Trinajstić information content (AvgIpc) is 3.43. The number of likely N-dealkylation sites (N-methyl/N-ethyl adjacent to an activating group) is 1. The summed E-state index contributed by atoms with van der Waals surface area (Å²) in [5.41, 5.74) is 0.466. The van der Waals surface area contributed by atoms with Gasteiger partial charge in [0.25, 0.3) is 5.91 Å². The minimum Gasteiger partial charge on any atom is -0.488 e. The first-order chi connectivity index (χ1) is 19.0. The summed E-state index contributed by atoms with van der Waals surface area (Å²) < 4.78 is 48.3. The number of ether oxygens (including phenoxy) is 1. The first-order valence-electron chi connectivity index (χ1n) is 12.4. The van der Waals surface area contributed by atoms with E-state index in [0.717, 1.165) is 16.4 Å². The highest BCUT2D eigenvalue weighted by molar-refractivity contribution is 7.89. The van der Waals surface area contributed by atoms with Crippen LogP contribution in [0.25, 0.3) is 0 Å². The smallest absolute Gasteiger partial charge is 0.258 e. The molecule has 0 radical (unpaired) electrons. The number of aliphatic hydroxyl groups excluding tert-OH is 1. The van der Waals surface area contributed by atoms with Gasteiger partial charge in [0, 0.05) is 25.2 Å². The Hall–Kier alpha value is -3.95. The third-order valence-electron chi connectivity index (χ3n) is 6.60. The van der Waals surface area contributed by atoms with E-state index in [0.29, 0.717) is 5.69 Å². The standard InChI is InChI=1S/C25H30FN7O6S/c1-16-11-33(17(2)14-34)25(36)21-10-19(28-24(35)13-32-15-27-29-30-32)6-9-22(21)39-23(16)12-31(3)40(37,38)20-7-4-18(26)5-8-20/h4-10,15-17,23,34H,11-14H2,1-3H3,(H,28,35)/t16-,17-,23-/m1/s1. The summed E-state index contributed by atoms with van der Waals surface area (Å²) in [4.78, 5) is 27.5. The third kappa shape index (κ3) is 6.43. The zero-order chi connectivity index (χ0) is 29.0. The van der Waals surface area contributed by atoms with Crippen molar-refractivity contribution in [3.8, 4) is 5.75 Å². The molecule has 13 nitrogen and oxygen atoms in total. The van der Waals surface area contributed by atoms with Gasteiger partial charge in [-0.25, -0.2) is 17.5 Å². The van der Waals surface area contributed by atoms with E-state index in [1.165, 1.54) is 47.2 Å². The number of hydrogen-bond donors (Lipinski definition) is 2. The number of tetrazole rings is 1. The second-order valence-electron chi connectivity index (χ2n) is 9.63. The monoisotopic (exact) mass is 575 g/mol. The number of aliphatic hydroxyl groups is 1. The zero-order valence-electron chi connectivity index (χ0n) is 22.1. The van der Waals surface area contributed by atoms with Gasteiger partial charge in [-0.05, 0) is 59.8 Å². The van der Waals surface area contributed by atoms with Gasteiger partial charge in [0.05, 0.1) is 29.7 Å². The molecule has 0 spiro atoms. The van der Waals surface area contributed by atoms with Crippen LogP contribution in [0.2, 0.25) is 0 Å². The molecule has 40 heavy (non-hydrogen) atoms. The second-order valence-corrected chi connectivity index (χ2v) is 11.7. The van der Waals surface area contributed by atoms with E-state index < -0.39 is 39.8 Å². The van der Waals surface area contributed by atoms with Crippen molar-refractivity contribution in [3.63, 3.8) is 0 Å². The third-order valence-corrected chi connectivity index (χ3v) is 8.44. The lowest BCUT2D eigenvalue weighted by Crippen LogP contribution is -2.50. The molecular weight excluding hydrogens is 545 g/mol. The fraction of sp³-hybridized carbons (Fsp3) is 0.400. The molecule has 214 valence electrons. The highest BCUT2D eigenvalue weighted by Crippen LogP contribution is 2.31. The van der Waals surface area contributed by atoms with Crippen LogP contribution in [0, 0.1) is 11.7 Å². The average molecular weight is 576 g/mol. The van der Waals surface area contributed by atoms with Crippen LogP contribution in [0.4, 0.5) is 10.1 Å². The van der Waals surface area contributed by atoms with Crippen molar-refractivity contribution in [3.05, 3.63) is 60.2 Å². The maximum Gasteiger partial charge on any atom is 0.258 e. The fourth-order valence-electron chi connectivity index (χ4n) is 4.26. The number of sulfonamides is 1. The van der Waals surface area contributed by atoms with Gasteiger partial charge in [0.1, 0.15) is 30.5 Å². The Morgan fingerprint density at radius 2 is 2.00 bits per heavy atom. The van der Waals surface area contributed by atoms with Gasteiger partial charge in [0.2, 0.25) is 15.9 Å². The van der Waals surface area contributed by atoms with Crippen LogP contribution in [0.15, 0.2) is 53.7 Å². The molecule has 4 rings (SSSR count). The summed E-state index contributed by atoms with van der Waals surface area (Å²) in [6.07, 6.45) is 0.598. The summed E-state index contributed by atoms with van der Waals surface area (Å²) in [6, 6.07) is 8.55. The van der Waals surface area contributed by atoms with Crippen LogP contribution >= 0.6 is 0 Å². The van der Waals surface area contributed by atoms with Gasteiger partial charge >= 0.3 is 0 Å². The molecule has 2 N–H and O–H groups in total. The lowest BCUT2D eigenvalue weighted by molar-refractivity contribution is -0.116. The number of carbonyl (C=O) groups is 2. The number of hydrogen-bond acceptors (Lipinski definition) is 9. The Labute approximate surface area is 230 Å². The lowest BCUT2D eigenvalue weighted by atomic mass is 9.99. The van der Waals surface area contributed by atoms with Gasteiger partial charge in [-0.3, -0.25) is 9.59 Å². The van der Waals surface area contributed by atoms with Crippen LogP contribution in [0.5, 0.6) is 5.75 Å². The Morgan fingerprint density at radius 3 is 2.65 bits per heavy atom. The molecule has 2 amide bonds. The number of rotatable bonds is 9. The predicted octanol–water partition coefficient (Wildman–Crippen LogP) is 0.992. The molecule has 0 fully saturated rings. The molecule has 3 atom stereocenters. The quantitative estimate of drug-likeness (QED) is 0.379. The Kier molecular flexibility index (Phi) is 8.76. The molecule has 0 aliphatic carbocycles. The largest absolute Gasteiger partial charge is 0.488 e. The molecule has 1 aliphatic rings. The molecule has 0 bridgehead atoms. The SMILES string of the molecule is C[C@@H]1CN([C@H](C)CO)C(=O)c2cc(NC(=O)Cn3cnnn3)ccc2O[C@@H]1CN(C)S(=O)(=O)c1ccc(F)cc1. The zero-order valence-corrected chi connectivity index (χ0v) is 23.0. The lowest BCUT2D eigenvalue weighted by Gasteiger charge is -2.38. The molecule has 1 aliphatic heterocycles. The van der Waals surface area contributed by atoms with Crippen LogP contribution in [-0.2, 0) is 21.4 Å². The van der Waals surface area contributed by atoms with Crippen molar-refractivity contribution in [2.24, 2.45) is 5.92 Å². The molecule has 0 saturated carbocycles. The molecule has 1 aromatic heterocycles. The number of anilines is 1. The van der Waals surface area contributed by atoms with Crippen LogP contribution in [0.3, 0.4) is 0 Å². The number of nitrogens with one attached hydrogen (secondary N) is 1. The van der Waals surface area contributed by atoms with Crippen molar-refractivity contribution in [1.29, 1.82) is 0 Å². The van der Waals surface area contributed by atoms with Gasteiger partial charge in [-0.1, -0.05) is 6.92 Å². The van der Waals surface area contributed by atoms with E-state index in [2.05, 4.69) is 20.8 Å². The minimum atomic E-state index is -3.96. The molecule has 0 unspecified atom stereocenters. The number of aromatic nitrogens is 4. The van der Waals surface area contributed by atoms with E-state index in [4.69, 9.17) is 4.74 Å². The summed E-state index contributed by atoms with van der Waals surface area (Å²) in [5.74, 6) is -1.53. The molecular formula is C25H30FN7O6S. The van der Waals surface area contributed by atoms with E-state index in [1.807, 2.05) is 6.92 Å². The highest BCUT2D eigenvalue weighted by atomic mass is 32.2. The van der Waals surface area contributed by atoms with Crippen molar-refractivity contribution in [2.45, 2.75) is 37.4 Å². The summed E-state index contributed by atoms with van der Waals surface area (Å²) in [5, 5.41) is 23.1.